The number of fused-ring (bicyclic) bond motifs is 1. The Kier molecular flexibility index (Phi) is 5.91. The molecule has 32 heavy (non-hydrogen) atoms. The third-order valence-electron chi connectivity index (χ3n) is 5.31. The fourth-order valence-corrected chi connectivity index (χ4v) is 4.75. The number of nitriles is 1. The lowest BCUT2D eigenvalue weighted by Gasteiger charge is -2.16. The number of aromatic nitrogens is 2. The molecule has 0 atom stereocenters. The molecule has 0 fully saturated rings. The average Bonchev–Trinajstić information content (AvgIpc) is 3.09. The van der Waals surface area contributed by atoms with Crippen molar-refractivity contribution in [3.63, 3.8) is 0 Å². The monoisotopic (exact) mass is 454 g/mol. The van der Waals surface area contributed by atoms with E-state index >= 15 is 0 Å². The van der Waals surface area contributed by atoms with Gasteiger partial charge < -0.3 is 0 Å². The second-order valence-corrected chi connectivity index (χ2v) is 9.05. The maximum atomic E-state index is 12.8. The number of sulfonamides is 1. The van der Waals surface area contributed by atoms with E-state index in [1.165, 1.54) is 12.1 Å². The number of aryl methyl sites for hydroxylation is 1. The van der Waals surface area contributed by atoms with Gasteiger partial charge in [-0.1, -0.05) is 25.1 Å². The van der Waals surface area contributed by atoms with E-state index in [2.05, 4.69) is 11.1 Å². The Bertz CT molecular complexity index is 1380. The molecule has 6 nitrogen and oxygen atoms in total. The first-order valence-corrected chi connectivity index (χ1v) is 11.5. The number of allylic oxidation sites excluding steroid dienone is 4. The fourth-order valence-electron chi connectivity index (χ4n) is 3.55. The number of hydrogen-bond donors (Lipinski definition) is 1. The highest BCUT2D eigenvalue weighted by Gasteiger charge is 2.24. The molecule has 0 unspecified atom stereocenters. The maximum Gasteiger partial charge on any atom is 0.240 e. The molecule has 1 aliphatic carbocycles. The van der Waals surface area contributed by atoms with E-state index in [1.54, 1.807) is 18.3 Å². The van der Waals surface area contributed by atoms with Gasteiger partial charge in [-0.15, -0.1) is 0 Å². The summed E-state index contributed by atoms with van der Waals surface area (Å²) >= 11 is 0. The minimum atomic E-state index is -4.09. The van der Waals surface area contributed by atoms with Crippen molar-refractivity contribution < 1.29 is 17.2 Å². The zero-order valence-corrected chi connectivity index (χ0v) is 18.0. The Morgan fingerprint density at radius 3 is 2.44 bits per heavy atom. The number of pyridine rings is 1. The smallest absolute Gasteiger partial charge is 0.240 e. The first-order valence-electron chi connectivity index (χ1n) is 10.00. The number of benzene rings is 1. The van der Waals surface area contributed by atoms with Crippen molar-refractivity contribution in [1.29, 1.82) is 5.26 Å². The molecule has 2 aromatic heterocycles. The van der Waals surface area contributed by atoms with Gasteiger partial charge in [0.1, 0.15) is 25.1 Å². The van der Waals surface area contributed by atoms with Crippen molar-refractivity contribution in [3.05, 3.63) is 65.9 Å². The normalized spacial score (nSPS) is 13.3. The van der Waals surface area contributed by atoms with Crippen LogP contribution in [0, 0.1) is 11.3 Å². The van der Waals surface area contributed by atoms with E-state index < -0.39 is 29.4 Å². The summed E-state index contributed by atoms with van der Waals surface area (Å²) in [6.45, 7) is -0.281. The number of alkyl halides is 2. The summed E-state index contributed by atoms with van der Waals surface area (Å²) in [4.78, 5) is 4.46. The van der Waals surface area contributed by atoms with Crippen LogP contribution in [0.5, 0.6) is 0 Å². The predicted octanol–water partition coefficient (Wildman–Crippen LogP) is 4.13. The largest absolute Gasteiger partial charge is 0.293 e. The van der Waals surface area contributed by atoms with Crippen molar-refractivity contribution in [2.24, 2.45) is 0 Å². The average molecular weight is 455 g/mol. The highest BCUT2D eigenvalue weighted by Crippen LogP contribution is 2.37. The maximum absolute atomic E-state index is 12.8. The molecule has 0 saturated carbocycles. The van der Waals surface area contributed by atoms with E-state index in [4.69, 9.17) is 0 Å². The molecule has 0 bridgehead atoms. The lowest BCUT2D eigenvalue weighted by molar-refractivity contribution is 0.334. The topological polar surface area (TPSA) is 87.8 Å². The van der Waals surface area contributed by atoms with Crippen molar-refractivity contribution in [3.8, 4) is 17.3 Å². The molecule has 0 spiro atoms. The Morgan fingerprint density at radius 2 is 1.91 bits per heavy atom. The van der Waals surface area contributed by atoms with Crippen LogP contribution in [-0.2, 0) is 16.4 Å². The highest BCUT2D eigenvalue weighted by molar-refractivity contribution is 7.89. The van der Waals surface area contributed by atoms with Gasteiger partial charge in [0.25, 0.3) is 0 Å². The van der Waals surface area contributed by atoms with Crippen LogP contribution in [0.4, 0.5) is 8.78 Å². The molecule has 0 aliphatic heterocycles. The molecule has 0 radical (unpaired) electrons. The minimum absolute atomic E-state index is 0.122. The summed E-state index contributed by atoms with van der Waals surface area (Å²) < 4.78 is 54.3. The van der Waals surface area contributed by atoms with E-state index in [0.717, 1.165) is 23.1 Å². The van der Waals surface area contributed by atoms with Gasteiger partial charge in [-0.05, 0) is 42.3 Å². The van der Waals surface area contributed by atoms with Gasteiger partial charge in [-0.3, -0.25) is 4.57 Å². The van der Waals surface area contributed by atoms with Crippen LogP contribution >= 0.6 is 0 Å². The van der Waals surface area contributed by atoms with Crippen LogP contribution in [0.2, 0.25) is 0 Å². The number of nitrogens with zero attached hydrogens (tertiary/aromatic N) is 3. The van der Waals surface area contributed by atoms with Gasteiger partial charge in [-0.25, -0.2) is 26.9 Å². The molecule has 1 aliphatic rings. The summed E-state index contributed by atoms with van der Waals surface area (Å²) in [5, 5.41) is 10.7. The summed E-state index contributed by atoms with van der Waals surface area (Å²) in [5.41, 5.74) is 4.14. The Morgan fingerprint density at radius 1 is 1.22 bits per heavy atom. The molecule has 0 saturated heterocycles. The third-order valence-corrected chi connectivity index (χ3v) is 6.85. The van der Waals surface area contributed by atoms with Crippen LogP contribution in [0.25, 0.3) is 28.0 Å². The van der Waals surface area contributed by atoms with Crippen LogP contribution in [0.1, 0.15) is 18.1 Å². The fraction of sp³-hybridized carbons (Fsp3) is 0.217. The van der Waals surface area contributed by atoms with E-state index in [0.29, 0.717) is 22.5 Å². The van der Waals surface area contributed by atoms with E-state index in [9.17, 15) is 22.5 Å². The minimum Gasteiger partial charge on any atom is -0.293 e. The zero-order chi connectivity index (χ0) is 22.9. The number of rotatable bonds is 8. The second-order valence-electron chi connectivity index (χ2n) is 7.34. The van der Waals surface area contributed by atoms with E-state index in [-0.39, 0.29) is 4.90 Å². The standard InChI is InChI=1S/C23H20F2N4O2S/c1-2-15-10-20-21(13-26)22(29(18-4-3-5-18)23(20)27-14-15)16-6-8-19(9-7-16)32(30,31)28-17(11-24)12-25/h3-10,14,17,28H,2,11-12H2,1H3. The second kappa shape index (κ2) is 8.65. The lowest BCUT2D eigenvalue weighted by atomic mass is 10.1. The van der Waals surface area contributed by atoms with Gasteiger partial charge in [0.15, 0.2) is 0 Å². The molecule has 0 amide bonds. The predicted molar refractivity (Wildman–Crippen MR) is 119 cm³/mol. The SMILES string of the molecule is CCc1cnc2c(c1)c(C#N)c(-c1ccc(S(=O)(=O)NC(CF)CF)cc1)n2C1=CC=C1. The summed E-state index contributed by atoms with van der Waals surface area (Å²) in [6.07, 6.45) is 8.23. The van der Waals surface area contributed by atoms with Gasteiger partial charge >= 0.3 is 0 Å². The Hall–Kier alpha value is -3.35. The van der Waals surface area contributed by atoms with Crippen molar-refractivity contribution >= 4 is 26.8 Å². The molecular weight excluding hydrogens is 434 g/mol. The number of halogens is 2. The molecule has 164 valence electrons. The Balaban J connectivity index is 1.84. The first kappa shape index (κ1) is 21.9. The molecule has 9 heteroatoms. The third kappa shape index (κ3) is 3.72. The van der Waals surface area contributed by atoms with Gasteiger partial charge in [0, 0.05) is 22.8 Å². The van der Waals surface area contributed by atoms with Crippen molar-refractivity contribution in [1.82, 2.24) is 14.3 Å². The zero-order valence-electron chi connectivity index (χ0n) is 17.2. The molecule has 3 aromatic rings. The van der Waals surface area contributed by atoms with Gasteiger partial charge in [-0.2, -0.15) is 5.26 Å². The van der Waals surface area contributed by atoms with Crippen molar-refractivity contribution in [2.45, 2.75) is 24.3 Å². The molecule has 2 heterocycles. The Labute approximate surface area is 184 Å². The number of nitrogens with one attached hydrogen (secondary N) is 1. The van der Waals surface area contributed by atoms with Crippen LogP contribution < -0.4 is 4.72 Å². The lowest BCUT2D eigenvalue weighted by Crippen LogP contribution is -2.37. The van der Waals surface area contributed by atoms with Crippen LogP contribution in [0.3, 0.4) is 0 Å². The molecule has 1 N–H and O–H groups in total. The van der Waals surface area contributed by atoms with Crippen LogP contribution in [-0.4, -0.2) is 37.4 Å². The first-order chi connectivity index (χ1) is 15.4. The summed E-state index contributed by atoms with van der Waals surface area (Å²) in [7, 11) is -4.09. The summed E-state index contributed by atoms with van der Waals surface area (Å²) in [6, 6.07) is 8.64. The quantitative estimate of drug-likeness (QED) is 0.554. The molecule has 4 rings (SSSR count). The molecular formula is C23H20F2N4O2S. The number of hydrogen-bond acceptors (Lipinski definition) is 4. The molecule has 1 aromatic carbocycles. The van der Waals surface area contributed by atoms with Gasteiger partial charge in [0.05, 0.1) is 22.2 Å². The van der Waals surface area contributed by atoms with Crippen LogP contribution in [0.15, 0.2) is 59.7 Å². The van der Waals surface area contributed by atoms with E-state index in [1.807, 2.05) is 40.5 Å². The highest BCUT2D eigenvalue weighted by atomic mass is 32.2. The van der Waals surface area contributed by atoms with Gasteiger partial charge in [0.2, 0.25) is 10.0 Å². The summed E-state index contributed by atoms with van der Waals surface area (Å²) in [5.74, 6) is 0. The van der Waals surface area contributed by atoms with Crippen molar-refractivity contribution in [2.75, 3.05) is 13.3 Å².